The normalized spacial score (nSPS) is 19.1. The fraction of sp³-hybridized carbons (Fsp3) is 0.409. The molecule has 2 aliphatic heterocycles. The highest BCUT2D eigenvalue weighted by Gasteiger charge is 2.34. The van der Waals surface area contributed by atoms with Crippen LogP contribution in [0.25, 0.3) is 0 Å². The monoisotopic (exact) mass is 407 g/mol. The van der Waals surface area contributed by atoms with E-state index in [2.05, 4.69) is 16.0 Å². The Morgan fingerprint density at radius 1 is 1.33 bits per heavy atom. The maximum Gasteiger partial charge on any atom is 0.258 e. The molecule has 8 heteroatoms. The first-order valence-electron chi connectivity index (χ1n) is 10.1. The van der Waals surface area contributed by atoms with Gasteiger partial charge in [-0.05, 0) is 25.0 Å². The minimum absolute atomic E-state index is 0.0303. The van der Waals surface area contributed by atoms with E-state index < -0.39 is 5.92 Å². The Hall–Kier alpha value is -3.15. The van der Waals surface area contributed by atoms with Gasteiger partial charge in [-0.1, -0.05) is 6.07 Å². The number of hydrogen-bond acceptors (Lipinski definition) is 7. The highest BCUT2D eigenvalue weighted by Crippen LogP contribution is 2.40. The van der Waals surface area contributed by atoms with Crippen LogP contribution in [0.2, 0.25) is 0 Å². The number of rotatable bonds is 5. The predicted molar refractivity (Wildman–Crippen MR) is 111 cm³/mol. The number of nitrogens with zero attached hydrogens (tertiary/aromatic N) is 4. The van der Waals surface area contributed by atoms with Crippen LogP contribution in [0.1, 0.15) is 29.2 Å². The van der Waals surface area contributed by atoms with Gasteiger partial charge in [-0.15, -0.1) is 0 Å². The highest BCUT2D eigenvalue weighted by molar-refractivity contribution is 5.54. The van der Waals surface area contributed by atoms with Crippen molar-refractivity contribution in [3.63, 3.8) is 0 Å². The van der Waals surface area contributed by atoms with Crippen LogP contribution >= 0.6 is 0 Å². The van der Waals surface area contributed by atoms with E-state index in [1.165, 1.54) is 0 Å². The Labute approximate surface area is 175 Å². The molecule has 30 heavy (non-hydrogen) atoms. The third-order valence-corrected chi connectivity index (χ3v) is 5.67. The maximum atomic E-state index is 13.5. The zero-order valence-corrected chi connectivity index (χ0v) is 17.0. The molecule has 2 aromatic heterocycles. The molecule has 0 saturated carbocycles. The maximum absolute atomic E-state index is 13.5. The fourth-order valence-electron chi connectivity index (χ4n) is 4.12. The van der Waals surface area contributed by atoms with Gasteiger partial charge in [0.05, 0.1) is 24.7 Å². The van der Waals surface area contributed by atoms with Crippen molar-refractivity contribution in [2.45, 2.75) is 25.8 Å². The van der Waals surface area contributed by atoms with Crippen LogP contribution in [-0.4, -0.2) is 47.3 Å². The first-order chi connectivity index (χ1) is 14.6. The molecule has 1 atom stereocenters. The van der Waals surface area contributed by atoms with Crippen LogP contribution in [0.5, 0.6) is 5.75 Å². The summed E-state index contributed by atoms with van der Waals surface area (Å²) >= 11 is 0. The van der Waals surface area contributed by atoms with E-state index in [0.29, 0.717) is 17.9 Å². The van der Waals surface area contributed by atoms with Gasteiger partial charge in [0.15, 0.2) is 0 Å². The van der Waals surface area contributed by atoms with Crippen molar-refractivity contribution in [3.8, 4) is 11.8 Å². The summed E-state index contributed by atoms with van der Waals surface area (Å²) in [5, 5.41) is 9.71. The number of nitrogens with two attached hydrogens (primary N) is 1. The summed E-state index contributed by atoms with van der Waals surface area (Å²) in [6, 6.07) is 7.58. The molecule has 0 radical (unpaired) electrons. The van der Waals surface area contributed by atoms with Gasteiger partial charge < -0.3 is 19.8 Å². The summed E-state index contributed by atoms with van der Waals surface area (Å²) < 4.78 is 12.8. The van der Waals surface area contributed by atoms with Crippen molar-refractivity contribution >= 4 is 0 Å². The van der Waals surface area contributed by atoms with Crippen LogP contribution in [0, 0.1) is 18.3 Å². The number of hydrogen-bond donors (Lipinski definition) is 1. The SMILES string of the molecule is Cc1cc2c(c(=O)n1CCCN1CCOCC1)[C@@H](c1cccnc1)C(C#N)=C(N)O2. The lowest BCUT2D eigenvalue weighted by Gasteiger charge is -2.28. The second-order valence-corrected chi connectivity index (χ2v) is 7.54. The lowest BCUT2D eigenvalue weighted by molar-refractivity contribution is 0.0369. The smallest absolute Gasteiger partial charge is 0.258 e. The average Bonchev–Trinajstić information content (AvgIpc) is 2.76. The third-order valence-electron chi connectivity index (χ3n) is 5.67. The number of allylic oxidation sites excluding steroid dienone is 1. The number of morpholine rings is 1. The number of fused-ring (bicyclic) bond motifs is 1. The number of aryl methyl sites for hydroxylation is 1. The van der Waals surface area contributed by atoms with Crippen molar-refractivity contribution < 1.29 is 9.47 Å². The van der Waals surface area contributed by atoms with E-state index in [1.807, 2.05) is 19.1 Å². The van der Waals surface area contributed by atoms with E-state index in [1.54, 1.807) is 23.0 Å². The fourth-order valence-corrected chi connectivity index (χ4v) is 4.12. The third kappa shape index (κ3) is 3.82. The molecule has 2 aromatic rings. The van der Waals surface area contributed by atoms with Gasteiger partial charge in [-0.2, -0.15) is 5.26 Å². The Balaban J connectivity index is 1.68. The minimum Gasteiger partial charge on any atom is -0.440 e. The molecule has 4 rings (SSSR count). The lowest BCUT2D eigenvalue weighted by atomic mass is 9.85. The molecule has 0 amide bonds. The molecule has 1 saturated heterocycles. The number of pyridine rings is 2. The molecule has 0 aromatic carbocycles. The molecule has 1 fully saturated rings. The van der Waals surface area contributed by atoms with Crippen molar-refractivity contribution in [2.24, 2.45) is 5.73 Å². The summed E-state index contributed by atoms with van der Waals surface area (Å²) in [7, 11) is 0. The predicted octanol–water partition coefficient (Wildman–Crippen LogP) is 1.49. The molecule has 2 N–H and O–H groups in total. The van der Waals surface area contributed by atoms with E-state index in [-0.39, 0.29) is 17.0 Å². The zero-order chi connectivity index (χ0) is 21.1. The Morgan fingerprint density at radius 2 is 2.13 bits per heavy atom. The second-order valence-electron chi connectivity index (χ2n) is 7.54. The van der Waals surface area contributed by atoms with E-state index >= 15 is 0 Å². The van der Waals surface area contributed by atoms with Crippen LogP contribution in [0.4, 0.5) is 0 Å². The summed E-state index contributed by atoms with van der Waals surface area (Å²) in [6.45, 7) is 6.74. The molecule has 156 valence electrons. The van der Waals surface area contributed by atoms with Crippen LogP contribution in [0.3, 0.4) is 0 Å². The zero-order valence-electron chi connectivity index (χ0n) is 17.0. The molecule has 4 heterocycles. The summed E-state index contributed by atoms with van der Waals surface area (Å²) in [6.07, 6.45) is 4.16. The topological polar surface area (TPSA) is 106 Å². The minimum atomic E-state index is -0.592. The van der Waals surface area contributed by atoms with Crippen LogP contribution in [0.15, 0.2) is 46.8 Å². The van der Waals surface area contributed by atoms with Crippen molar-refractivity contribution in [3.05, 3.63) is 69.2 Å². The summed E-state index contributed by atoms with van der Waals surface area (Å²) in [5.41, 5.74) is 8.08. The van der Waals surface area contributed by atoms with Gasteiger partial charge in [0.25, 0.3) is 5.56 Å². The van der Waals surface area contributed by atoms with Crippen molar-refractivity contribution in [1.29, 1.82) is 5.26 Å². The molecular weight excluding hydrogens is 382 g/mol. The first-order valence-corrected chi connectivity index (χ1v) is 10.1. The number of nitriles is 1. The summed E-state index contributed by atoms with van der Waals surface area (Å²) in [5.74, 6) is -0.152. The molecule has 0 unspecified atom stereocenters. The Morgan fingerprint density at radius 3 is 2.83 bits per heavy atom. The highest BCUT2D eigenvalue weighted by atomic mass is 16.5. The first kappa shape index (κ1) is 20.1. The number of aromatic nitrogens is 2. The Bertz CT molecular complexity index is 1050. The molecule has 2 aliphatic rings. The van der Waals surface area contributed by atoms with Crippen LogP contribution < -0.4 is 16.0 Å². The van der Waals surface area contributed by atoms with E-state index in [4.69, 9.17) is 15.2 Å². The molecule has 8 nitrogen and oxygen atoms in total. The average molecular weight is 407 g/mol. The van der Waals surface area contributed by atoms with Gasteiger partial charge in [0, 0.05) is 50.3 Å². The van der Waals surface area contributed by atoms with E-state index in [9.17, 15) is 10.1 Å². The van der Waals surface area contributed by atoms with Gasteiger partial charge in [-0.25, -0.2) is 0 Å². The molecular formula is C22H25N5O3. The molecule has 0 aliphatic carbocycles. The number of ether oxygens (including phenoxy) is 2. The standard InChI is InChI=1S/C22H25N5O3/c1-15-12-18-20(22(28)27(15)7-3-6-26-8-10-29-11-9-26)19(16-4-2-5-25-14-16)17(13-23)21(24)30-18/h2,4-5,12,14,19H,3,6-11,24H2,1H3/t19-/m0/s1. The van der Waals surface area contributed by atoms with Crippen LogP contribution in [-0.2, 0) is 11.3 Å². The van der Waals surface area contributed by atoms with Crippen molar-refractivity contribution in [1.82, 2.24) is 14.5 Å². The van der Waals surface area contributed by atoms with Gasteiger partial charge in [0.2, 0.25) is 5.88 Å². The largest absolute Gasteiger partial charge is 0.440 e. The summed E-state index contributed by atoms with van der Waals surface area (Å²) in [4.78, 5) is 20.0. The second kappa shape index (κ2) is 8.69. The van der Waals surface area contributed by atoms with Gasteiger partial charge in [-0.3, -0.25) is 14.7 Å². The molecule has 0 spiro atoms. The van der Waals surface area contributed by atoms with Crippen molar-refractivity contribution in [2.75, 3.05) is 32.8 Å². The van der Waals surface area contributed by atoms with Gasteiger partial charge in [0.1, 0.15) is 17.4 Å². The Kier molecular flexibility index (Phi) is 5.84. The molecule has 0 bridgehead atoms. The van der Waals surface area contributed by atoms with Gasteiger partial charge >= 0.3 is 0 Å². The van der Waals surface area contributed by atoms with E-state index in [0.717, 1.165) is 50.5 Å². The quantitative estimate of drug-likeness (QED) is 0.800. The lowest BCUT2D eigenvalue weighted by Crippen LogP contribution is -2.38.